The van der Waals surface area contributed by atoms with Crippen molar-refractivity contribution in [1.82, 2.24) is 19.1 Å². The van der Waals surface area contributed by atoms with Gasteiger partial charge in [0, 0.05) is 43.6 Å². The number of nitrogens with zero attached hydrogens (tertiary/aromatic N) is 4. The molecule has 0 aliphatic carbocycles. The molecule has 12 aromatic rings. The number of para-hydroxylation sites is 3. The molecule has 0 aliphatic heterocycles. The van der Waals surface area contributed by atoms with Crippen molar-refractivity contribution < 1.29 is 4.42 Å². The first-order chi connectivity index (χ1) is 27.3. The van der Waals surface area contributed by atoms with E-state index in [1.54, 1.807) is 0 Å². The summed E-state index contributed by atoms with van der Waals surface area (Å²) in [5, 5.41) is 7.80. The van der Waals surface area contributed by atoms with E-state index < -0.39 is 0 Å². The second-order valence-corrected chi connectivity index (χ2v) is 14.1. The van der Waals surface area contributed by atoms with E-state index in [0.29, 0.717) is 5.95 Å². The van der Waals surface area contributed by atoms with Gasteiger partial charge in [0.2, 0.25) is 5.95 Å². The molecule has 0 fully saturated rings. The molecule has 0 atom stereocenters. The fraction of sp³-hybridized carbons (Fsp3) is 0. The molecule has 4 heterocycles. The third kappa shape index (κ3) is 4.35. The van der Waals surface area contributed by atoms with Crippen molar-refractivity contribution in [3.8, 4) is 34.0 Å². The van der Waals surface area contributed by atoms with Gasteiger partial charge in [-0.3, -0.25) is 4.57 Å². The lowest BCUT2D eigenvalue weighted by molar-refractivity contribution is 0.669. The van der Waals surface area contributed by atoms with Crippen LogP contribution in [0.4, 0.5) is 0 Å². The van der Waals surface area contributed by atoms with E-state index in [0.717, 1.165) is 82.6 Å². The summed E-state index contributed by atoms with van der Waals surface area (Å²) in [5.74, 6) is 0.620. The third-order valence-corrected chi connectivity index (χ3v) is 11.1. The molecule has 8 aromatic carbocycles. The Kier molecular flexibility index (Phi) is 6.27. The molecule has 256 valence electrons. The Bertz CT molecular complexity index is 3470. The van der Waals surface area contributed by atoms with Gasteiger partial charge in [0.15, 0.2) is 0 Å². The second-order valence-electron chi connectivity index (χ2n) is 14.1. The lowest BCUT2D eigenvalue weighted by Crippen LogP contribution is -2.03. The molecule has 0 saturated carbocycles. The Balaban J connectivity index is 1.23. The molecule has 12 rings (SSSR count). The monoisotopic (exact) mass is 702 g/mol. The molecule has 0 radical (unpaired) electrons. The molecule has 0 bridgehead atoms. The molecule has 55 heavy (non-hydrogen) atoms. The highest BCUT2D eigenvalue weighted by atomic mass is 16.3. The molecule has 0 amide bonds. The number of benzene rings is 8. The summed E-state index contributed by atoms with van der Waals surface area (Å²) in [5.41, 5.74) is 12.4. The Hall–Kier alpha value is -7.50. The van der Waals surface area contributed by atoms with Gasteiger partial charge in [-0.2, -0.15) is 0 Å². The van der Waals surface area contributed by atoms with Crippen LogP contribution in [0.25, 0.3) is 110 Å². The van der Waals surface area contributed by atoms with E-state index in [1.165, 1.54) is 21.9 Å². The van der Waals surface area contributed by atoms with Crippen LogP contribution >= 0.6 is 0 Å². The van der Waals surface area contributed by atoms with Gasteiger partial charge in [0.1, 0.15) is 11.2 Å². The Morgan fingerprint density at radius 1 is 0.364 bits per heavy atom. The standard InChI is InChI=1S/C50H30N4O/c1-3-13-31(14-4-1)32-23-25-34(26-24-32)53-40-21-11-8-18-36(40)45-41(53)28-29-42-46(45)38-27-30-44-47(37-19-9-12-22-43(37)55-44)49(38)54(42)50-51-39-20-10-7-17-35(39)48(52-50)33-15-5-2-6-16-33/h1-30H. The Morgan fingerprint density at radius 2 is 0.982 bits per heavy atom. The molecule has 0 spiro atoms. The van der Waals surface area contributed by atoms with Crippen molar-refractivity contribution in [1.29, 1.82) is 0 Å². The molecule has 0 saturated heterocycles. The van der Waals surface area contributed by atoms with Gasteiger partial charge in [-0.05, 0) is 65.7 Å². The van der Waals surface area contributed by atoms with Gasteiger partial charge < -0.3 is 8.98 Å². The maximum Gasteiger partial charge on any atom is 0.235 e. The molecule has 5 nitrogen and oxygen atoms in total. The van der Waals surface area contributed by atoms with Crippen LogP contribution in [0.15, 0.2) is 186 Å². The molecule has 4 aromatic heterocycles. The fourth-order valence-corrected chi connectivity index (χ4v) is 8.76. The van der Waals surface area contributed by atoms with Gasteiger partial charge in [-0.25, -0.2) is 9.97 Å². The summed E-state index contributed by atoms with van der Waals surface area (Å²) in [6, 6.07) is 64.1. The lowest BCUT2D eigenvalue weighted by Gasteiger charge is -2.12. The lowest BCUT2D eigenvalue weighted by atomic mass is 10.0. The topological polar surface area (TPSA) is 48.8 Å². The van der Waals surface area contributed by atoms with Gasteiger partial charge >= 0.3 is 0 Å². The van der Waals surface area contributed by atoms with Crippen LogP contribution < -0.4 is 0 Å². The Labute approximate surface area is 315 Å². The SMILES string of the molecule is c1ccc(-c2ccc(-n3c4ccccc4c4c5c6ccc7oc8ccccc8c7c6n(-c6nc(-c7ccccc7)c7ccccc7n6)c5ccc43)cc2)cc1. The summed E-state index contributed by atoms with van der Waals surface area (Å²) < 4.78 is 11.2. The minimum atomic E-state index is 0.620. The zero-order chi connectivity index (χ0) is 36.0. The van der Waals surface area contributed by atoms with Crippen molar-refractivity contribution >= 4 is 76.5 Å². The van der Waals surface area contributed by atoms with E-state index in [1.807, 2.05) is 24.3 Å². The quantitative estimate of drug-likeness (QED) is 0.183. The smallest absolute Gasteiger partial charge is 0.235 e. The molecule has 0 N–H and O–H groups in total. The van der Waals surface area contributed by atoms with E-state index >= 15 is 0 Å². The van der Waals surface area contributed by atoms with Gasteiger partial charge in [-0.1, -0.05) is 127 Å². The highest BCUT2D eigenvalue weighted by molar-refractivity contribution is 6.33. The summed E-state index contributed by atoms with van der Waals surface area (Å²) in [4.78, 5) is 10.7. The van der Waals surface area contributed by atoms with E-state index in [-0.39, 0.29) is 0 Å². The first-order valence-corrected chi connectivity index (χ1v) is 18.6. The van der Waals surface area contributed by atoms with Crippen LogP contribution in [-0.4, -0.2) is 19.1 Å². The molecule has 5 heteroatoms. The first-order valence-electron chi connectivity index (χ1n) is 18.6. The van der Waals surface area contributed by atoms with Crippen molar-refractivity contribution in [3.63, 3.8) is 0 Å². The number of fused-ring (bicyclic) bond motifs is 12. The highest BCUT2D eigenvalue weighted by Gasteiger charge is 2.25. The van der Waals surface area contributed by atoms with Crippen LogP contribution in [0.5, 0.6) is 0 Å². The van der Waals surface area contributed by atoms with Gasteiger partial charge in [-0.15, -0.1) is 0 Å². The highest BCUT2D eigenvalue weighted by Crippen LogP contribution is 2.46. The molecular weight excluding hydrogens is 673 g/mol. The summed E-state index contributed by atoms with van der Waals surface area (Å²) >= 11 is 0. The third-order valence-electron chi connectivity index (χ3n) is 11.1. The molecular formula is C50H30N4O. The molecule has 0 unspecified atom stereocenters. The van der Waals surface area contributed by atoms with Crippen molar-refractivity contribution in [2.45, 2.75) is 0 Å². The van der Waals surface area contributed by atoms with E-state index in [2.05, 4.69) is 167 Å². The van der Waals surface area contributed by atoms with Crippen LogP contribution in [0.2, 0.25) is 0 Å². The fourth-order valence-electron chi connectivity index (χ4n) is 8.76. The number of furan rings is 1. The van der Waals surface area contributed by atoms with Crippen molar-refractivity contribution in [2.24, 2.45) is 0 Å². The number of hydrogen-bond donors (Lipinski definition) is 0. The largest absolute Gasteiger partial charge is 0.456 e. The second kappa shape index (κ2) is 11.5. The summed E-state index contributed by atoms with van der Waals surface area (Å²) in [7, 11) is 0. The Morgan fingerprint density at radius 3 is 1.78 bits per heavy atom. The van der Waals surface area contributed by atoms with E-state index in [9.17, 15) is 0 Å². The average Bonchev–Trinajstić information content (AvgIpc) is 3.91. The summed E-state index contributed by atoms with van der Waals surface area (Å²) in [6.07, 6.45) is 0. The maximum absolute atomic E-state index is 6.51. The predicted octanol–water partition coefficient (Wildman–Crippen LogP) is 13.1. The van der Waals surface area contributed by atoms with Gasteiger partial charge in [0.25, 0.3) is 0 Å². The number of rotatable bonds is 4. The number of hydrogen-bond acceptors (Lipinski definition) is 3. The van der Waals surface area contributed by atoms with Crippen LogP contribution in [0, 0.1) is 0 Å². The first kappa shape index (κ1) is 30.0. The predicted molar refractivity (Wildman–Crippen MR) is 226 cm³/mol. The minimum Gasteiger partial charge on any atom is -0.456 e. The zero-order valence-electron chi connectivity index (χ0n) is 29.5. The van der Waals surface area contributed by atoms with Crippen LogP contribution in [0.3, 0.4) is 0 Å². The van der Waals surface area contributed by atoms with Crippen LogP contribution in [0.1, 0.15) is 0 Å². The zero-order valence-corrected chi connectivity index (χ0v) is 29.5. The van der Waals surface area contributed by atoms with Crippen molar-refractivity contribution in [2.75, 3.05) is 0 Å². The summed E-state index contributed by atoms with van der Waals surface area (Å²) in [6.45, 7) is 0. The van der Waals surface area contributed by atoms with Gasteiger partial charge in [0.05, 0.1) is 38.7 Å². The maximum atomic E-state index is 6.51. The van der Waals surface area contributed by atoms with Crippen molar-refractivity contribution in [3.05, 3.63) is 182 Å². The van der Waals surface area contributed by atoms with E-state index in [4.69, 9.17) is 14.4 Å². The minimum absolute atomic E-state index is 0.620. The normalized spacial score (nSPS) is 12.0. The molecule has 0 aliphatic rings. The average molecular weight is 703 g/mol. The number of aromatic nitrogens is 4. The van der Waals surface area contributed by atoms with Crippen LogP contribution in [-0.2, 0) is 0 Å².